The number of piperidine rings is 1. The standard InChI is InChI=1S/C24H27N3O/c1-25-13-14-27-21-9-12-26(16-20(21)19-5-3-6-22(25)24(19)27)11-8-17-4-2-7-23-18(17)10-15-28-23/h2-7,10,15,20-21H,8-9,11-14,16H2,1H3. The Morgan fingerprint density at radius 2 is 1.96 bits per heavy atom. The van der Waals surface area contributed by atoms with Crippen molar-refractivity contribution in [2.75, 3.05) is 49.6 Å². The third-order valence-corrected chi connectivity index (χ3v) is 7.16. The van der Waals surface area contributed by atoms with Crippen molar-refractivity contribution in [2.45, 2.75) is 24.8 Å². The molecule has 1 aromatic heterocycles. The molecule has 0 saturated carbocycles. The number of fused-ring (bicyclic) bond motifs is 4. The van der Waals surface area contributed by atoms with Crippen LogP contribution in [0.1, 0.15) is 23.5 Å². The van der Waals surface area contributed by atoms with Crippen molar-refractivity contribution in [3.63, 3.8) is 0 Å². The van der Waals surface area contributed by atoms with Crippen LogP contribution in [-0.4, -0.2) is 50.7 Å². The highest BCUT2D eigenvalue weighted by atomic mass is 16.3. The molecule has 1 saturated heterocycles. The fourth-order valence-electron chi connectivity index (χ4n) is 5.73. The van der Waals surface area contributed by atoms with Crippen LogP contribution in [0.15, 0.2) is 53.1 Å². The highest BCUT2D eigenvalue weighted by molar-refractivity contribution is 5.81. The van der Waals surface area contributed by atoms with Crippen LogP contribution in [-0.2, 0) is 6.42 Å². The topological polar surface area (TPSA) is 22.9 Å². The number of likely N-dealkylation sites (tertiary alicyclic amines) is 1. The Hall–Kier alpha value is -2.46. The van der Waals surface area contributed by atoms with Gasteiger partial charge in [0.2, 0.25) is 0 Å². The van der Waals surface area contributed by atoms with Crippen molar-refractivity contribution < 1.29 is 4.42 Å². The van der Waals surface area contributed by atoms with E-state index < -0.39 is 0 Å². The largest absolute Gasteiger partial charge is 0.464 e. The molecule has 0 radical (unpaired) electrons. The van der Waals surface area contributed by atoms with E-state index in [1.165, 1.54) is 48.4 Å². The van der Waals surface area contributed by atoms with Gasteiger partial charge in [0, 0.05) is 57.1 Å². The molecule has 1 fully saturated rings. The summed E-state index contributed by atoms with van der Waals surface area (Å²) < 4.78 is 5.57. The van der Waals surface area contributed by atoms with Crippen LogP contribution in [0, 0.1) is 0 Å². The van der Waals surface area contributed by atoms with E-state index in [-0.39, 0.29) is 0 Å². The van der Waals surface area contributed by atoms with Crippen molar-refractivity contribution in [1.29, 1.82) is 0 Å². The lowest BCUT2D eigenvalue weighted by molar-refractivity contribution is 0.195. The summed E-state index contributed by atoms with van der Waals surface area (Å²) in [6, 6.07) is 16.2. The first-order chi connectivity index (χ1) is 13.8. The maximum atomic E-state index is 5.57. The predicted octanol–water partition coefficient (Wildman–Crippen LogP) is 4.10. The van der Waals surface area contributed by atoms with Crippen molar-refractivity contribution in [1.82, 2.24) is 4.90 Å². The van der Waals surface area contributed by atoms with Gasteiger partial charge in [-0.2, -0.15) is 0 Å². The first-order valence-corrected chi connectivity index (χ1v) is 10.6. The van der Waals surface area contributed by atoms with Crippen LogP contribution in [0.4, 0.5) is 11.4 Å². The number of furan rings is 1. The third kappa shape index (κ3) is 2.40. The molecular weight excluding hydrogens is 346 g/mol. The van der Waals surface area contributed by atoms with Crippen LogP contribution in [0.25, 0.3) is 11.0 Å². The van der Waals surface area contributed by atoms with Gasteiger partial charge in [-0.15, -0.1) is 0 Å². The maximum Gasteiger partial charge on any atom is 0.134 e. The Balaban J connectivity index is 1.23. The van der Waals surface area contributed by atoms with Gasteiger partial charge >= 0.3 is 0 Å². The molecule has 0 aliphatic carbocycles. The number of benzene rings is 2. The smallest absolute Gasteiger partial charge is 0.134 e. The number of hydrogen-bond acceptors (Lipinski definition) is 4. The quantitative estimate of drug-likeness (QED) is 0.689. The summed E-state index contributed by atoms with van der Waals surface area (Å²) in [7, 11) is 2.23. The molecule has 3 aliphatic rings. The van der Waals surface area contributed by atoms with Crippen molar-refractivity contribution >= 4 is 22.3 Å². The monoisotopic (exact) mass is 373 g/mol. The molecule has 0 spiro atoms. The number of nitrogens with zero attached hydrogens (tertiary/aromatic N) is 3. The molecule has 0 N–H and O–H groups in total. The Morgan fingerprint density at radius 1 is 1.04 bits per heavy atom. The van der Waals surface area contributed by atoms with Gasteiger partial charge in [0.15, 0.2) is 0 Å². The summed E-state index contributed by atoms with van der Waals surface area (Å²) in [6.07, 6.45) is 4.17. The second-order valence-corrected chi connectivity index (χ2v) is 8.59. The third-order valence-electron chi connectivity index (χ3n) is 7.16. The minimum atomic E-state index is 0.653. The minimum Gasteiger partial charge on any atom is -0.464 e. The van der Waals surface area contributed by atoms with Gasteiger partial charge in [0.05, 0.1) is 17.6 Å². The fourth-order valence-corrected chi connectivity index (χ4v) is 5.73. The zero-order chi connectivity index (χ0) is 18.7. The summed E-state index contributed by atoms with van der Waals surface area (Å²) >= 11 is 0. The van der Waals surface area contributed by atoms with Crippen molar-refractivity contribution in [2.24, 2.45) is 0 Å². The number of anilines is 2. The minimum absolute atomic E-state index is 0.653. The highest BCUT2D eigenvalue weighted by Gasteiger charge is 2.44. The van der Waals surface area contributed by atoms with Gasteiger partial charge in [-0.25, -0.2) is 0 Å². The Morgan fingerprint density at radius 3 is 2.93 bits per heavy atom. The Kier molecular flexibility index (Phi) is 3.70. The number of likely N-dealkylation sites (N-methyl/N-ethyl adjacent to an activating group) is 1. The van der Waals surface area contributed by atoms with E-state index in [0.717, 1.165) is 25.1 Å². The number of hydrogen-bond donors (Lipinski definition) is 0. The molecule has 0 amide bonds. The van der Waals surface area contributed by atoms with Crippen molar-refractivity contribution in [3.05, 3.63) is 59.9 Å². The normalized spacial score (nSPS) is 23.9. The molecule has 4 heteroatoms. The molecule has 3 aromatic rings. The molecule has 144 valence electrons. The molecule has 2 atom stereocenters. The molecule has 3 aliphatic heterocycles. The Bertz CT molecular complexity index is 1030. The van der Waals surface area contributed by atoms with Crippen LogP contribution in [0.5, 0.6) is 0 Å². The summed E-state index contributed by atoms with van der Waals surface area (Å²) in [6.45, 7) is 5.82. The first kappa shape index (κ1) is 16.5. The SMILES string of the molecule is CN1CCN2c3c(cccc31)C1CN(CCc3cccc4occc34)CCC12. The van der Waals surface area contributed by atoms with Gasteiger partial charge in [-0.1, -0.05) is 24.3 Å². The van der Waals surface area contributed by atoms with Gasteiger partial charge in [-0.05, 0) is 42.2 Å². The maximum absolute atomic E-state index is 5.57. The number of rotatable bonds is 3. The predicted molar refractivity (Wildman–Crippen MR) is 115 cm³/mol. The van der Waals surface area contributed by atoms with E-state index in [2.05, 4.69) is 64.2 Å². The molecule has 4 heterocycles. The van der Waals surface area contributed by atoms with E-state index >= 15 is 0 Å². The van der Waals surface area contributed by atoms with E-state index in [0.29, 0.717) is 12.0 Å². The van der Waals surface area contributed by atoms with Crippen LogP contribution in [0.2, 0.25) is 0 Å². The fraction of sp³-hybridized carbons (Fsp3) is 0.417. The van der Waals surface area contributed by atoms with Gasteiger partial charge in [0.25, 0.3) is 0 Å². The summed E-state index contributed by atoms with van der Waals surface area (Å²) in [5, 5.41) is 1.27. The summed E-state index contributed by atoms with van der Waals surface area (Å²) in [5.74, 6) is 0.653. The highest BCUT2D eigenvalue weighted by Crippen LogP contribution is 2.50. The second-order valence-electron chi connectivity index (χ2n) is 8.59. The first-order valence-electron chi connectivity index (χ1n) is 10.6. The lowest BCUT2D eigenvalue weighted by Gasteiger charge is -2.41. The molecule has 28 heavy (non-hydrogen) atoms. The summed E-state index contributed by atoms with van der Waals surface area (Å²) in [4.78, 5) is 7.83. The molecule has 2 aromatic carbocycles. The molecule has 2 unspecified atom stereocenters. The van der Waals surface area contributed by atoms with Gasteiger partial charge in [-0.3, -0.25) is 0 Å². The van der Waals surface area contributed by atoms with E-state index in [4.69, 9.17) is 4.42 Å². The average molecular weight is 374 g/mol. The lowest BCUT2D eigenvalue weighted by atomic mass is 9.89. The summed E-state index contributed by atoms with van der Waals surface area (Å²) in [5.41, 5.74) is 6.94. The second kappa shape index (κ2) is 6.28. The lowest BCUT2D eigenvalue weighted by Crippen LogP contribution is -2.49. The molecule has 0 bridgehead atoms. The van der Waals surface area contributed by atoms with Gasteiger partial charge in [0.1, 0.15) is 5.58 Å². The zero-order valence-corrected chi connectivity index (χ0v) is 16.5. The zero-order valence-electron chi connectivity index (χ0n) is 16.5. The van der Waals surface area contributed by atoms with Crippen molar-refractivity contribution in [3.8, 4) is 0 Å². The van der Waals surface area contributed by atoms with Gasteiger partial charge < -0.3 is 19.1 Å². The van der Waals surface area contributed by atoms with Crippen LogP contribution >= 0.6 is 0 Å². The molecular formula is C24H27N3O. The average Bonchev–Trinajstić information content (AvgIpc) is 3.33. The Labute approximate surface area is 166 Å². The van der Waals surface area contributed by atoms with E-state index in [9.17, 15) is 0 Å². The molecule has 4 nitrogen and oxygen atoms in total. The number of para-hydroxylation sites is 1. The van der Waals surface area contributed by atoms with E-state index in [1.54, 1.807) is 11.8 Å². The molecule has 6 rings (SSSR count). The van der Waals surface area contributed by atoms with Crippen LogP contribution < -0.4 is 9.80 Å². The van der Waals surface area contributed by atoms with Crippen LogP contribution in [0.3, 0.4) is 0 Å². The van der Waals surface area contributed by atoms with E-state index in [1.807, 2.05) is 0 Å².